The molecule has 7 heteroatoms. The number of fused-ring (bicyclic) bond motifs is 1. The van der Waals surface area contributed by atoms with E-state index in [4.69, 9.17) is 0 Å². The highest BCUT2D eigenvalue weighted by Crippen LogP contribution is 2.29. The van der Waals surface area contributed by atoms with Crippen molar-refractivity contribution in [2.75, 3.05) is 17.7 Å². The highest BCUT2D eigenvalue weighted by molar-refractivity contribution is 7.18. The number of nitrogens with zero attached hydrogens (tertiary/aromatic N) is 3. The first-order chi connectivity index (χ1) is 9.26. The molecule has 0 aliphatic heterocycles. The van der Waals surface area contributed by atoms with Gasteiger partial charge in [0.2, 0.25) is 5.95 Å². The number of hydrogen-bond donors (Lipinski definition) is 2. The smallest absolute Gasteiger partial charge is 0.225 e. The van der Waals surface area contributed by atoms with Crippen LogP contribution in [0.2, 0.25) is 0 Å². The van der Waals surface area contributed by atoms with Gasteiger partial charge in [-0.25, -0.2) is 9.97 Å². The molecule has 0 fully saturated rings. The van der Waals surface area contributed by atoms with Gasteiger partial charge in [0.15, 0.2) is 0 Å². The molecule has 0 aliphatic carbocycles. The lowest BCUT2D eigenvalue weighted by molar-refractivity contribution is 1.05. The monoisotopic (exact) mass is 291 g/mol. The number of aryl methyl sites for hydroxylation is 1. The van der Waals surface area contributed by atoms with Crippen LogP contribution in [0.4, 0.5) is 11.8 Å². The number of anilines is 2. The van der Waals surface area contributed by atoms with Crippen LogP contribution in [-0.2, 0) is 6.54 Å². The minimum absolute atomic E-state index is 0.634. The standard InChI is InChI=1S/C12H13N5S2/c1-7-3-9-10(14-4-8-5-18-6-15-8)16-12(13-2)17-11(9)19-7/h3,5-6H,4H2,1-2H3,(H2,13,14,16,17). The molecule has 0 atom stereocenters. The molecule has 0 unspecified atom stereocenters. The van der Waals surface area contributed by atoms with E-state index in [1.54, 1.807) is 22.7 Å². The van der Waals surface area contributed by atoms with Crippen LogP contribution in [0.15, 0.2) is 17.0 Å². The summed E-state index contributed by atoms with van der Waals surface area (Å²) in [6, 6.07) is 2.11. The van der Waals surface area contributed by atoms with Crippen molar-refractivity contribution in [2.45, 2.75) is 13.5 Å². The average Bonchev–Trinajstić information content (AvgIpc) is 3.03. The van der Waals surface area contributed by atoms with Crippen LogP contribution in [0.5, 0.6) is 0 Å². The minimum atomic E-state index is 0.634. The van der Waals surface area contributed by atoms with E-state index in [9.17, 15) is 0 Å². The maximum Gasteiger partial charge on any atom is 0.225 e. The second-order valence-corrected chi connectivity index (χ2v) is 6.01. The molecule has 3 aromatic rings. The summed E-state index contributed by atoms with van der Waals surface area (Å²) in [5.74, 6) is 1.49. The highest BCUT2D eigenvalue weighted by atomic mass is 32.1. The van der Waals surface area contributed by atoms with Crippen molar-refractivity contribution in [3.05, 3.63) is 27.5 Å². The molecular formula is C12H13N5S2. The number of hydrogen-bond acceptors (Lipinski definition) is 7. The second kappa shape index (κ2) is 5.10. The van der Waals surface area contributed by atoms with Crippen molar-refractivity contribution in [3.63, 3.8) is 0 Å². The first-order valence-corrected chi connectivity index (χ1v) is 7.59. The quantitative estimate of drug-likeness (QED) is 0.773. The van der Waals surface area contributed by atoms with Gasteiger partial charge in [-0.15, -0.1) is 22.7 Å². The number of nitrogens with one attached hydrogen (secondary N) is 2. The molecule has 0 bridgehead atoms. The molecule has 5 nitrogen and oxygen atoms in total. The fraction of sp³-hybridized carbons (Fsp3) is 0.250. The Morgan fingerprint density at radius 3 is 2.95 bits per heavy atom. The van der Waals surface area contributed by atoms with Gasteiger partial charge < -0.3 is 10.6 Å². The van der Waals surface area contributed by atoms with Crippen LogP contribution < -0.4 is 10.6 Å². The molecule has 0 aliphatic rings. The normalized spacial score (nSPS) is 10.8. The first-order valence-electron chi connectivity index (χ1n) is 5.83. The van der Waals surface area contributed by atoms with E-state index in [1.165, 1.54) is 4.88 Å². The lowest BCUT2D eigenvalue weighted by atomic mass is 10.3. The van der Waals surface area contributed by atoms with Gasteiger partial charge in [-0.3, -0.25) is 0 Å². The molecule has 0 saturated heterocycles. The zero-order valence-corrected chi connectivity index (χ0v) is 12.2. The van der Waals surface area contributed by atoms with Crippen LogP contribution in [0, 0.1) is 6.92 Å². The third-order valence-electron chi connectivity index (χ3n) is 2.66. The van der Waals surface area contributed by atoms with Crippen LogP contribution in [0.3, 0.4) is 0 Å². The van der Waals surface area contributed by atoms with Gasteiger partial charge in [0.1, 0.15) is 10.6 Å². The fourth-order valence-corrected chi connectivity index (χ4v) is 3.23. The van der Waals surface area contributed by atoms with Crippen molar-refractivity contribution >= 4 is 44.7 Å². The molecule has 3 aromatic heterocycles. The summed E-state index contributed by atoms with van der Waals surface area (Å²) in [4.78, 5) is 15.4. The van der Waals surface area contributed by atoms with Gasteiger partial charge in [-0.05, 0) is 13.0 Å². The lowest BCUT2D eigenvalue weighted by Gasteiger charge is -2.07. The molecule has 0 saturated carbocycles. The molecule has 3 rings (SSSR count). The van der Waals surface area contributed by atoms with E-state index in [1.807, 2.05) is 17.9 Å². The molecule has 0 aromatic carbocycles. The summed E-state index contributed by atoms with van der Waals surface area (Å²) in [5.41, 5.74) is 2.86. The second-order valence-electron chi connectivity index (χ2n) is 4.06. The Labute approximate surface area is 118 Å². The highest BCUT2D eigenvalue weighted by Gasteiger charge is 2.10. The Bertz CT molecular complexity index is 690. The van der Waals surface area contributed by atoms with Crippen molar-refractivity contribution < 1.29 is 0 Å². The third-order valence-corrected chi connectivity index (χ3v) is 4.24. The van der Waals surface area contributed by atoms with Crippen molar-refractivity contribution in [1.29, 1.82) is 0 Å². The molecule has 0 spiro atoms. The summed E-state index contributed by atoms with van der Waals surface area (Å²) in [5, 5.41) is 9.43. The molecule has 2 N–H and O–H groups in total. The summed E-state index contributed by atoms with van der Waals surface area (Å²) in [7, 11) is 1.83. The molecule has 98 valence electrons. The van der Waals surface area contributed by atoms with Gasteiger partial charge in [0.25, 0.3) is 0 Å². The Hall–Kier alpha value is -1.73. The van der Waals surface area contributed by atoms with Crippen molar-refractivity contribution in [3.8, 4) is 0 Å². The zero-order valence-electron chi connectivity index (χ0n) is 10.6. The maximum absolute atomic E-state index is 4.48. The fourth-order valence-electron chi connectivity index (χ4n) is 1.79. The number of aromatic nitrogens is 3. The summed E-state index contributed by atoms with van der Waals surface area (Å²) in [6.45, 7) is 2.75. The topological polar surface area (TPSA) is 62.7 Å². The summed E-state index contributed by atoms with van der Waals surface area (Å²) >= 11 is 3.27. The van der Waals surface area contributed by atoms with Gasteiger partial charge in [-0.1, -0.05) is 0 Å². The van der Waals surface area contributed by atoms with Gasteiger partial charge >= 0.3 is 0 Å². The van der Waals surface area contributed by atoms with Crippen LogP contribution in [0.1, 0.15) is 10.6 Å². The zero-order chi connectivity index (χ0) is 13.2. The number of thiophene rings is 1. The van der Waals surface area contributed by atoms with Gasteiger partial charge in [-0.2, -0.15) is 4.98 Å². The predicted octanol–water partition coefficient (Wildman–Crippen LogP) is 3.11. The Morgan fingerprint density at radius 2 is 2.21 bits per heavy atom. The SMILES string of the molecule is CNc1nc(NCc2cscn2)c2cc(C)sc2n1. The van der Waals surface area contributed by atoms with E-state index in [-0.39, 0.29) is 0 Å². The van der Waals surface area contributed by atoms with E-state index in [0.717, 1.165) is 21.7 Å². The Kier molecular flexibility index (Phi) is 3.31. The minimum Gasteiger partial charge on any atom is -0.364 e. The maximum atomic E-state index is 4.48. The molecule has 3 heterocycles. The van der Waals surface area contributed by atoms with E-state index < -0.39 is 0 Å². The lowest BCUT2D eigenvalue weighted by Crippen LogP contribution is -2.05. The number of rotatable bonds is 4. The van der Waals surface area contributed by atoms with E-state index in [0.29, 0.717) is 12.5 Å². The van der Waals surface area contributed by atoms with E-state index in [2.05, 4.69) is 38.6 Å². The largest absolute Gasteiger partial charge is 0.364 e. The number of thiazole rings is 1. The third kappa shape index (κ3) is 2.52. The average molecular weight is 291 g/mol. The predicted molar refractivity (Wildman–Crippen MR) is 81.1 cm³/mol. The van der Waals surface area contributed by atoms with Crippen molar-refractivity contribution in [1.82, 2.24) is 15.0 Å². The Morgan fingerprint density at radius 1 is 1.32 bits per heavy atom. The van der Waals surface area contributed by atoms with Crippen molar-refractivity contribution in [2.24, 2.45) is 0 Å². The first kappa shape index (κ1) is 12.3. The van der Waals surface area contributed by atoms with E-state index >= 15 is 0 Å². The Balaban J connectivity index is 1.96. The van der Waals surface area contributed by atoms with Gasteiger partial charge in [0, 0.05) is 17.3 Å². The summed E-state index contributed by atoms with van der Waals surface area (Å²) in [6.07, 6.45) is 0. The molecule has 0 amide bonds. The van der Waals surface area contributed by atoms with Gasteiger partial charge in [0.05, 0.1) is 23.1 Å². The van der Waals surface area contributed by atoms with Crippen LogP contribution >= 0.6 is 22.7 Å². The van der Waals surface area contributed by atoms with Crippen LogP contribution in [0.25, 0.3) is 10.2 Å². The summed E-state index contributed by atoms with van der Waals surface area (Å²) < 4.78 is 0. The van der Waals surface area contributed by atoms with Crippen LogP contribution in [-0.4, -0.2) is 22.0 Å². The molecular weight excluding hydrogens is 278 g/mol. The molecule has 0 radical (unpaired) electrons. The molecule has 19 heavy (non-hydrogen) atoms.